The lowest BCUT2D eigenvalue weighted by Crippen LogP contribution is -2.52. The molecule has 1 saturated carbocycles. The van der Waals surface area contributed by atoms with E-state index in [1.807, 2.05) is 12.1 Å². The van der Waals surface area contributed by atoms with E-state index in [-0.39, 0.29) is 11.6 Å². The van der Waals surface area contributed by atoms with Crippen molar-refractivity contribution < 1.29 is 4.79 Å². The molecule has 1 aliphatic rings. The van der Waals surface area contributed by atoms with Crippen molar-refractivity contribution in [1.82, 2.24) is 10.6 Å². The van der Waals surface area contributed by atoms with Gasteiger partial charge in [0.05, 0.1) is 0 Å². The molecule has 0 saturated heterocycles. The fourth-order valence-corrected chi connectivity index (χ4v) is 2.60. The van der Waals surface area contributed by atoms with Gasteiger partial charge in [-0.25, -0.2) is 4.79 Å². The minimum absolute atomic E-state index is 0.0113. The minimum Gasteiger partial charge on any atom is -0.333 e. The number of carbonyl (C=O) groups excluding carboxylic acids is 1. The van der Waals surface area contributed by atoms with Crippen LogP contribution in [-0.2, 0) is 0 Å². The lowest BCUT2D eigenvalue weighted by molar-refractivity contribution is 0.200. The number of anilines is 1. The maximum absolute atomic E-state index is 11.9. The summed E-state index contributed by atoms with van der Waals surface area (Å²) in [6.07, 6.45) is 4.47. The number of amides is 2. The Kier molecular flexibility index (Phi) is 5.23. The van der Waals surface area contributed by atoms with Crippen LogP contribution in [0.4, 0.5) is 10.5 Å². The van der Waals surface area contributed by atoms with Gasteiger partial charge in [0.25, 0.3) is 0 Å². The molecule has 1 aromatic rings. The topological polar surface area (TPSA) is 53.2 Å². The summed E-state index contributed by atoms with van der Waals surface area (Å²) < 4.78 is 0. The Morgan fingerprint density at radius 1 is 1.29 bits per heavy atom. The first kappa shape index (κ1) is 15.8. The van der Waals surface area contributed by atoms with E-state index in [9.17, 15) is 4.79 Å². The standard InChI is InChI=1S/C17H27N3O/c1-4-12-18-13(2)14-6-8-15(9-7-14)19-16(21)20-17(3)10-5-11-17/h6-9,13,18H,4-5,10-12H2,1-3H3,(H2,19,20,21). The molecule has 0 aliphatic heterocycles. The van der Waals surface area contributed by atoms with Gasteiger partial charge in [-0.2, -0.15) is 0 Å². The molecule has 1 unspecified atom stereocenters. The summed E-state index contributed by atoms with van der Waals surface area (Å²) in [4.78, 5) is 11.9. The van der Waals surface area contributed by atoms with Crippen LogP contribution in [0.3, 0.4) is 0 Å². The summed E-state index contributed by atoms with van der Waals surface area (Å²) in [6, 6.07) is 8.27. The Labute approximate surface area is 127 Å². The fraction of sp³-hybridized carbons (Fsp3) is 0.588. The molecule has 116 valence electrons. The van der Waals surface area contributed by atoms with Crippen LogP contribution in [0.5, 0.6) is 0 Å². The molecule has 1 aromatic carbocycles. The molecule has 4 heteroatoms. The molecular weight excluding hydrogens is 262 g/mol. The minimum atomic E-state index is -0.109. The van der Waals surface area contributed by atoms with Crippen molar-refractivity contribution in [2.24, 2.45) is 0 Å². The number of benzene rings is 1. The number of rotatable bonds is 6. The van der Waals surface area contributed by atoms with Gasteiger partial charge in [-0.3, -0.25) is 0 Å². The first-order valence-corrected chi connectivity index (χ1v) is 7.95. The number of nitrogens with one attached hydrogen (secondary N) is 3. The Morgan fingerprint density at radius 2 is 1.95 bits per heavy atom. The van der Waals surface area contributed by atoms with Crippen LogP contribution in [0.25, 0.3) is 0 Å². The predicted octanol–water partition coefficient (Wildman–Crippen LogP) is 3.81. The third-order valence-electron chi connectivity index (χ3n) is 4.24. The number of hydrogen-bond acceptors (Lipinski definition) is 2. The zero-order chi connectivity index (χ0) is 15.3. The van der Waals surface area contributed by atoms with E-state index in [1.165, 1.54) is 12.0 Å². The van der Waals surface area contributed by atoms with E-state index in [4.69, 9.17) is 0 Å². The van der Waals surface area contributed by atoms with Crippen molar-refractivity contribution >= 4 is 11.7 Å². The van der Waals surface area contributed by atoms with Gasteiger partial charge in [-0.15, -0.1) is 0 Å². The van der Waals surface area contributed by atoms with E-state index in [0.29, 0.717) is 6.04 Å². The molecule has 0 spiro atoms. The van der Waals surface area contributed by atoms with Gasteiger partial charge >= 0.3 is 6.03 Å². The largest absolute Gasteiger partial charge is 0.333 e. The molecule has 0 aromatic heterocycles. The van der Waals surface area contributed by atoms with Crippen LogP contribution >= 0.6 is 0 Å². The molecule has 3 N–H and O–H groups in total. The Bertz CT molecular complexity index is 465. The fourth-order valence-electron chi connectivity index (χ4n) is 2.60. The lowest BCUT2D eigenvalue weighted by atomic mass is 9.79. The van der Waals surface area contributed by atoms with Crippen LogP contribution in [0, 0.1) is 0 Å². The van der Waals surface area contributed by atoms with Gasteiger partial charge in [0, 0.05) is 17.3 Å². The van der Waals surface area contributed by atoms with Crippen LogP contribution < -0.4 is 16.0 Å². The maximum Gasteiger partial charge on any atom is 0.319 e. The Hall–Kier alpha value is -1.55. The van der Waals surface area contributed by atoms with Crippen molar-refractivity contribution in [1.29, 1.82) is 0 Å². The SMILES string of the molecule is CCCNC(C)c1ccc(NC(=O)NC2(C)CCC2)cc1. The summed E-state index contributed by atoms with van der Waals surface area (Å²) in [6.45, 7) is 7.43. The van der Waals surface area contributed by atoms with E-state index in [0.717, 1.165) is 31.5 Å². The average Bonchev–Trinajstić information content (AvgIpc) is 2.43. The van der Waals surface area contributed by atoms with E-state index in [2.05, 4.69) is 48.9 Å². The molecule has 4 nitrogen and oxygen atoms in total. The molecule has 21 heavy (non-hydrogen) atoms. The monoisotopic (exact) mass is 289 g/mol. The van der Waals surface area contributed by atoms with Gasteiger partial charge in [-0.05, 0) is 63.8 Å². The Morgan fingerprint density at radius 3 is 2.48 bits per heavy atom. The second-order valence-electron chi connectivity index (χ2n) is 6.29. The number of urea groups is 1. The zero-order valence-corrected chi connectivity index (χ0v) is 13.3. The summed E-state index contributed by atoms with van der Waals surface area (Å²) >= 11 is 0. The summed E-state index contributed by atoms with van der Waals surface area (Å²) in [7, 11) is 0. The number of hydrogen-bond donors (Lipinski definition) is 3. The third-order valence-corrected chi connectivity index (χ3v) is 4.24. The smallest absolute Gasteiger partial charge is 0.319 e. The summed E-state index contributed by atoms with van der Waals surface area (Å²) in [5.74, 6) is 0. The molecule has 0 bridgehead atoms. The van der Waals surface area contributed by atoms with Gasteiger partial charge in [0.2, 0.25) is 0 Å². The second-order valence-corrected chi connectivity index (χ2v) is 6.29. The summed E-state index contributed by atoms with van der Waals surface area (Å²) in [5.41, 5.74) is 2.06. The first-order chi connectivity index (χ1) is 10.0. The molecule has 0 heterocycles. The molecule has 1 fully saturated rings. The van der Waals surface area contributed by atoms with Crippen LogP contribution in [-0.4, -0.2) is 18.1 Å². The zero-order valence-electron chi connectivity index (χ0n) is 13.3. The van der Waals surface area contributed by atoms with Gasteiger partial charge in [-0.1, -0.05) is 19.1 Å². The summed E-state index contributed by atoms with van der Waals surface area (Å²) in [5, 5.41) is 9.40. The normalized spacial score (nSPS) is 17.7. The van der Waals surface area contributed by atoms with Gasteiger partial charge in [0.15, 0.2) is 0 Å². The maximum atomic E-state index is 11.9. The average molecular weight is 289 g/mol. The predicted molar refractivity (Wildman–Crippen MR) is 87.6 cm³/mol. The van der Waals surface area contributed by atoms with E-state index < -0.39 is 0 Å². The van der Waals surface area contributed by atoms with Crippen LogP contribution in [0.15, 0.2) is 24.3 Å². The Balaban J connectivity index is 1.85. The van der Waals surface area contributed by atoms with Crippen molar-refractivity contribution in [3.8, 4) is 0 Å². The van der Waals surface area contributed by atoms with Crippen molar-refractivity contribution in [3.05, 3.63) is 29.8 Å². The first-order valence-electron chi connectivity index (χ1n) is 7.95. The van der Waals surface area contributed by atoms with Crippen molar-refractivity contribution in [2.75, 3.05) is 11.9 Å². The van der Waals surface area contributed by atoms with Crippen LogP contribution in [0.2, 0.25) is 0 Å². The van der Waals surface area contributed by atoms with Crippen LogP contribution in [0.1, 0.15) is 58.1 Å². The molecule has 2 rings (SSSR count). The molecule has 1 atom stereocenters. The van der Waals surface area contributed by atoms with E-state index in [1.54, 1.807) is 0 Å². The third kappa shape index (κ3) is 4.46. The molecule has 2 amide bonds. The highest BCUT2D eigenvalue weighted by Gasteiger charge is 2.33. The number of carbonyl (C=O) groups is 1. The van der Waals surface area contributed by atoms with Gasteiger partial charge in [0.1, 0.15) is 0 Å². The highest BCUT2D eigenvalue weighted by molar-refractivity contribution is 5.89. The van der Waals surface area contributed by atoms with Crippen molar-refractivity contribution in [2.45, 2.75) is 58.0 Å². The molecule has 1 aliphatic carbocycles. The highest BCUT2D eigenvalue weighted by atomic mass is 16.2. The van der Waals surface area contributed by atoms with Gasteiger partial charge < -0.3 is 16.0 Å². The molecular formula is C17H27N3O. The second kappa shape index (κ2) is 6.94. The van der Waals surface area contributed by atoms with Crippen molar-refractivity contribution in [3.63, 3.8) is 0 Å². The highest BCUT2D eigenvalue weighted by Crippen LogP contribution is 2.30. The van der Waals surface area contributed by atoms with E-state index >= 15 is 0 Å². The molecule has 0 radical (unpaired) electrons. The lowest BCUT2D eigenvalue weighted by Gasteiger charge is -2.39. The quantitative estimate of drug-likeness (QED) is 0.746.